The Kier molecular flexibility index (Phi) is 3.52. The minimum Gasteiger partial charge on any atom is -0.487 e. The maximum atomic E-state index is 6.90. The van der Waals surface area contributed by atoms with Gasteiger partial charge in [-0.3, -0.25) is 0 Å². The van der Waals surface area contributed by atoms with Gasteiger partial charge in [-0.15, -0.1) is 11.6 Å². The van der Waals surface area contributed by atoms with Gasteiger partial charge in [0.15, 0.2) is 0 Å². The maximum absolute atomic E-state index is 6.90. The van der Waals surface area contributed by atoms with Crippen molar-refractivity contribution in [2.24, 2.45) is 5.41 Å². The van der Waals surface area contributed by atoms with Gasteiger partial charge in [0.2, 0.25) is 0 Å². The normalized spacial score (nSPS) is 24.2. The van der Waals surface area contributed by atoms with Crippen molar-refractivity contribution in [1.82, 2.24) is 0 Å². The Hall–Kier alpha value is -0.690. The number of benzene rings is 1. The number of hydrogen-bond donors (Lipinski definition) is 0. The highest BCUT2D eigenvalue weighted by Gasteiger charge is 2.40. The lowest BCUT2D eigenvalue weighted by atomic mass is 9.77. The Morgan fingerprint density at radius 3 is 2.60 bits per heavy atom. The summed E-state index contributed by atoms with van der Waals surface area (Å²) in [6, 6.07) is 6.58. The van der Waals surface area contributed by atoms with Crippen molar-refractivity contribution < 1.29 is 4.74 Å². The van der Waals surface area contributed by atoms with Crippen molar-refractivity contribution in [2.75, 3.05) is 0 Å². The molecule has 1 aliphatic heterocycles. The van der Waals surface area contributed by atoms with E-state index < -0.39 is 0 Å². The second kappa shape index (κ2) is 4.94. The summed E-state index contributed by atoms with van der Waals surface area (Å²) in [7, 11) is 0. The van der Waals surface area contributed by atoms with Crippen LogP contribution >= 0.6 is 11.6 Å². The van der Waals surface area contributed by atoms with E-state index in [1.54, 1.807) is 0 Å². The molecule has 1 saturated carbocycles. The molecule has 1 aliphatic carbocycles. The van der Waals surface area contributed by atoms with Crippen LogP contribution in [0.1, 0.15) is 69.4 Å². The summed E-state index contributed by atoms with van der Waals surface area (Å²) in [5.41, 5.74) is 2.85. The molecule has 0 amide bonds. The van der Waals surface area contributed by atoms with Gasteiger partial charge >= 0.3 is 0 Å². The molecule has 2 heteroatoms. The van der Waals surface area contributed by atoms with E-state index in [2.05, 4.69) is 39.0 Å². The molecular weight excluding hydrogens is 268 g/mol. The van der Waals surface area contributed by atoms with Crippen LogP contribution in [0.15, 0.2) is 18.2 Å². The summed E-state index contributed by atoms with van der Waals surface area (Å²) in [6.07, 6.45) is 7.38. The third-order valence-corrected chi connectivity index (χ3v) is 5.94. The van der Waals surface area contributed by atoms with E-state index in [1.165, 1.54) is 43.2 Å². The van der Waals surface area contributed by atoms with Crippen molar-refractivity contribution in [1.29, 1.82) is 0 Å². The van der Waals surface area contributed by atoms with Gasteiger partial charge in [0.25, 0.3) is 0 Å². The Morgan fingerprint density at radius 1 is 1.25 bits per heavy atom. The quantitative estimate of drug-likeness (QED) is 0.654. The van der Waals surface area contributed by atoms with Gasteiger partial charge in [0.1, 0.15) is 11.4 Å². The zero-order chi connectivity index (χ0) is 14.4. The van der Waals surface area contributed by atoms with Gasteiger partial charge in [-0.1, -0.05) is 31.9 Å². The molecule has 0 saturated heterocycles. The molecule has 1 fully saturated rings. The average molecular weight is 293 g/mol. The van der Waals surface area contributed by atoms with Crippen molar-refractivity contribution >= 4 is 11.6 Å². The fourth-order valence-electron chi connectivity index (χ4n) is 4.01. The number of halogens is 1. The second-order valence-electron chi connectivity index (χ2n) is 7.19. The Labute approximate surface area is 127 Å². The van der Waals surface area contributed by atoms with Crippen LogP contribution in [0.4, 0.5) is 0 Å². The van der Waals surface area contributed by atoms with Crippen LogP contribution in [0.5, 0.6) is 5.75 Å². The van der Waals surface area contributed by atoms with E-state index in [0.717, 1.165) is 12.2 Å². The molecule has 3 rings (SSSR count). The lowest BCUT2D eigenvalue weighted by Gasteiger charge is -2.33. The average Bonchev–Trinajstić information content (AvgIpc) is 2.99. The molecule has 20 heavy (non-hydrogen) atoms. The Balaban J connectivity index is 1.89. The lowest BCUT2D eigenvalue weighted by molar-refractivity contribution is 0.138. The fraction of sp³-hybridized carbons (Fsp3) is 0.667. The maximum Gasteiger partial charge on any atom is 0.123 e. The van der Waals surface area contributed by atoms with Gasteiger partial charge in [0, 0.05) is 6.42 Å². The Bertz CT molecular complexity index is 500. The number of ether oxygens (including phenoxy) is 1. The van der Waals surface area contributed by atoms with E-state index in [9.17, 15) is 0 Å². The molecule has 0 N–H and O–H groups in total. The molecule has 1 aromatic carbocycles. The molecule has 1 heterocycles. The zero-order valence-electron chi connectivity index (χ0n) is 12.8. The number of rotatable bonds is 3. The minimum atomic E-state index is -0.0709. The van der Waals surface area contributed by atoms with Crippen LogP contribution in [0.2, 0.25) is 0 Å². The summed E-state index contributed by atoms with van der Waals surface area (Å²) in [5, 5.41) is 0.143. The van der Waals surface area contributed by atoms with Crippen LogP contribution in [0.25, 0.3) is 0 Å². The zero-order valence-corrected chi connectivity index (χ0v) is 13.6. The summed E-state index contributed by atoms with van der Waals surface area (Å²) >= 11 is 6.90. The summed E-state index contributed by atoms with van der Waals surface area (Å²) < 4.78 is 5.96. The molecule has 1 nitrogen and oxygen atoms in total. The highest BCUT2D eigenvalue weighted by atomic mass is 35.5. The number of alkyl halides is 1. The molecule has 1 aromatic rings. The van der Waals surface area contributed by atoms with Crippen LogP contribution in [0.3, 0.4) is 0 Å². The number of fused-ring (bicyclic) bond motifs is 1. The van der Waals surface area contributed by atoms with Gasteiger partial charge < -0.3 is 4.74 Å². The molecule has 1 unspecified atom stereocenters. The molecule has 0 spiro atoms. The van der Waals surface area contributed by atoms with Crippen molar-refractivity contribution in [3.05, 3.63) is 29.3 Å². The monoisotopic (exact) mass is 292 g/mol. The van der Waals surface area contributed by atoms with E-state index in [-0.39, 0.29) is 11.0 Å². The fourth-order valence-corrected chi connectivity index (χ4v) is 4.51. The molecule has 0 radical (unpaired) electrons. The van der Waals surface area contributed by atoms with Crippen molar-refractivity contribution in [2.45, 2.75) is 70.3 Å². The highest BCUT2D eigenvalue weighted by Crippen LogP contribution is 2.53. The van der Waals surface area contributed by atoms with Gasteiger partial charge in [-0.2, -0.15) is 0 Å². The van der Waals surface area contributed by atoms with E-state index in [0.29, 0.717) is 5.41 Å². The van der Waals surface area contributed by atoms with Crippen molar-refractivity contribution in [3.8, 4) is 5.75 Å². The third kappa shape index (κ3) is 2.35. The van der Waals surface area contributed by atoms with Crippen LogP contribution in [-0.4, -0.2) is 5.60 Å². The standard InChI is InChI=1S/C18H25ClO/c1-4-18(9-5-6-10-18)16(19)13-7-8-15-14(11-13)12-17(2,3)20-15/h7-8,11,16H,4-6,9-10,12H2,1-3H3. The first-order chi connectivity index (χ1) is 9.46. The molecule has 0 aromatic heterocycles. The van der Waals surface area contributed by atoms with E-state index >= 15 is 0 Å². The van der Waals surface area contributed by atoms with Gasteiger partial charge in [-0.25, -0.2) is 0 Å². The SMILES string of the molecule is CCC1(C(Cl)c2ccc3c(c2)CC(C)(C)O3)CCCC1. The van der Waals surface area contributed by atoms with Crippen molar-refractivity contribution in [3.63, 3.8) is 0 Å². The molecule has 0 bridgehead atoms. The largest absolute Gasteiger partial charge is 0.487 e. The molecular formula is C18H25ClO. The first-order valence-electron chi connectivity index (χ1n) is 7.92. The number of hydrogen-bond acceptors (Lipinski definition) is 1. The predicted molar refractivity (Wildman–Crippen MR) is 84.6 cm³/mol. The second-order valence-corrected chi connectivity index (χ2v) is 7.63. The summed E-state index contributed by atoms with van der Waals surface area (Å²) in [5.74, 6) is 1.04. The topological polar surface area (TPSA) is 9.23 Å². The molecule has 1 atom stereocenters. The van der Waals surface area contributed by atoms with Crippen LogP contribution in [-0.2, 0) is 6.42 Å². The summed E-state index contributed by atoms with van der Waals surface area (Å²) in [6.45, 7) is 6.59. The van der Waals surface area contributed by atoms with Crippen LogP contribution in [0, 0.1) is 5.41 Å². The van der Waals surface area contributed by atoms with Crippen LogP contribution < -0.4 is 4.74 Å². The molecule has 2 aliphatic rings. The highest BCUT2D eigenvalue weighted by molar-refractivity contribution is 6.21. The lowest BCUT2D eigenvalue weighted by Crippen LogP contribution is -2.24. The van der Waals surface area contributed by atoms with E-state index in [1.807, 2.05) is 0 Å². The van der Waals surface area contributed by atoms with E-state index in [4.69, 9.17) is 16.3 Å². The van der Waals surface area contributed by atoms with Gasteiger partial charge in [0.05, 0.1) is 5.38 Å². The minimum absolute atomic E-state index is 0.0709. The Morgan fingerprint density at radius 2 is 1.95 bits per heavy atom. The third-order valence-electron chi connectivity index (χ3n) is 5.22. The van der Waals surface area contributed by atoms with Gasteiger partial charge in [-0.05, 0) is 55.7 Å². The predicted octanol–water partition coefficient (Wildman–Crippen LogP) is 5.65. The molecule has 110 valence electrons. The first-order valence-corrected chi connectivity index (χ1v) is 8.35. The first kappa shape index (κ1) is 14.3. The smallest absolute Gasteiger partial charge is 0.123 e. The summed E-state index contributed by atoms with van der Waals surface area (Å²) in [4.78, 5) is 0.